The number of alkyl halides is 3. The molecule has 2 atom stereocenters. The molecule has 2 N–H and O–H groups in total. The molecule has 4 nitrogen and oxygen atoms in total. The Morgan fingerprint density at radius 2 is 2.16 bits per heavy atom. The Bertz CT molecular complexity index is 476. The Kier molecular flexibility index (Phi) is 3.64. The molecule has 1 aromatic rings. The number of nitrogens with one attached hydrogen (secondary N) is 1. The minimum Gasteiger partial charge on any atom is -0.481 e. The maximum Gasteiger partial charge on any atom is 0.419 e. The van der Waals surface area contributed by atoms with E-state index in [1.807, 2.05) is 0 Å². The molecule has 0 aliphatic heterocycles. The molecular formula is C12H13F3N2O2. The van der Waals surface area contributed by atoms with Crippen LogP contribution in [0.1, 0.15) is 24.8 Å². The Morgan fingerprint density at radius 3 is 2.74 bits per heavy atom. The molecule has 0 amide bonds. The first-order valence-corrected chi connectivity index (χ1v) is 5.89. The van der Waals surface area contributed by atoms with E-state index in [-0.39, 0.29) is 11.9 Å². The van der Waals surface area contributed by atoms with Crippen LogP contribution in [0.15, 0.2) is 18.3 Å². The molecule has 1 saturated carbocycles. The fraction of sp³-hybridized carbons (Fsp3) is 0.500. The molecule has 7 heteroatoms. The number of pyridine rings is 1. The molecule has 0 radical (unpaired) electrons. The van der Waals surface area contributed by atoms with E-state index in [1.165, 1.54) is 12.3 Å². The van der Waals surface area contributed by atoms with Gasteiger partial charge in [0.25, 0.3) is 0 Å². The lowest BCUT2D eigenvalue weighted by molar-refractivity contribution is -0.141. The standard InChI is InChI=1S/C12H13F3N2O2/c13-12(14,15)9-2-1-5-16-10(9)17-8-4-3-7(6-8)11(18)19/h1-2,5,7-8H,3-4,6H2,(H,16,17)(H,18,19). The Balaban J connectivity index is 2.11. The summed E-state index contributed by atoms with van der Waals surface area (Å²) < 4.78 is 38.3. The van der Waals surface area contributed by atoms with Gasteiger partial charge in [0.15, 0.2) is 0 Å². The third-order valence-electron chi connectivity index (χ3n) is 3.24. The maximum absolute atomic E-state index is 12.8. The third-order valence-corrected chi connectivity index (χ3v) is 3.24. The summed E-state index contributed by atoms with van der Waals surface area (Å²) in [6.45, 7) is 0. The van der Waals surface area contributed by atoms with Crippen LogP contribution in [0.2, 0.25) is 0 Å². The largest absolute Gasteiger partial charge is 0.481 e. The number of anilines is 1. The zero-order valence-electron chi connectivity index (χ0n) is 9.94. The van der Waals surface area contributed by atoms with Crippen molar-refractivity contribution in [3.8, 4) is 0 Å². The van der Waals surface area contributed by atoms with Gasteiger partial charge < -0.3 is 10.4 Å². The number of aliphatic carboxylic acids is 1. The highest BCUT2D eigenvalue weighted by atomic mass is 19.4. The summed E-state index contributed by atoms with van der Waals surface area (Å²) in [6.07, 6.45) is -1.86. The van der Waals surface area contributed by atoms with Gasteiger partial charge in [-0.25, -0.2) is 4.98 Å². The van der Waals surface area contributed by atoms with Gasteiger partial charge >= 0.3 is 12.1 Å². The molecule has 1 heterocycles. The molecule has 0 saturated heterocycles. The van der Waals surface area contributed by atoms with Crippen LogP contribution in [-0.2, 0) is 11.0 Å². The van der Waals surface area contributed by atoms with Crippen molar-refractivity contribution in [3.63, 3.8) is 0 Å². The van der Waals surface area contributed by atoms with E-state index in [4.69, 9.17) is 5.11 Å². The number of carbonyl (C=O) groups is 1. The van der Waals surface area contributed by atoms with E-state index in [2.05, 4.69) is 10.3 Å². The highest BCUT2D eigenvalue weighted by molar-refractivity contribution is 5.70. The first-order valence-electron chi connectivity index (χ1n) is 5.89. The minimum atomic E-state index is -4.47. The van der Waals surface area contributed by atoms with E-state index in [9.17, 15) is 18.0 Å². The molecular weight excluding hydrogens is 261 g/mol. The number of hydrogen-bond donors (Lipinski definition) is 2. The number of halogens is 3. The molecule has 1 aliphatic rings. The van der Waals surface area contributed by atoms with Gasteiger partial charge in [0.05, 0.1) is 11.5 Å². The lowest BCUT2D eigenvalue weighted by Crippen LogP contribution is -2.21. The first kappa shape index (κ1) is 13.6. The lowest BCUT2D eigenvalue weighted by Gasteiger charge is -2.17. The molecule has 1 aliphatic carbocycles. The van der Waals surface area contributed by atoms with Crippen LogP contribution in [0.25, 0.3) is 0 Å². The molecule has 2 rings (SSSR count). The molecule has 1 aromatic heterocycles. The number of carboxylic acid groups (broad SMARTS) is 1. The Morgan fingerprint density at radius 1 is 1.42 bits per heavy atom. The van der Waals surface area contributed by atoms with Crippen LogP contribution >= 0.6 is 0 Å². The minimum absolute atomic E-state index is 0.231. The van der Waals surface area contributed by atoms with E-state index in [0.29, 0.717) is 19.3 Å². The summed E-state index contributed by atoms with van der Waals surface area (Å²) in [5.41, 5.74) is -0.825. The second-order valence-corrected chi connectivity index (χ2v) is 4.59. The van der Waals surface area contributed by atoms with Crippen molar-refractivity contribution in [3.05, 3.63) is 23.9 Å². The van der Waals surface area contributed by atoms with Crippen LogP contribution in [0.3, 0.4) is 0 Å². The summed E-state index contributed by atoms with van der Waals surface area (Å²) in [5, 5.41) is 11.6. The highest BCUT2D eigenvalue weighted by Gasteiger charge is 2.36. The summed E-state index contributed by atoms with van der Waals surface area (Å²) in [5.74, 6) is -1.62. The smallest absolute Gasteiger partial charge is 0.419 e. The van der Waals surface area contributed by atoms with Crippen molar-refractivity contribution in [2.45, 2.75) is 31.5 Å². The summed E-state index contributed by atoms with van der Waals surface area (Å²) in [4.78, 5) is 14.5. The van der Waals surface area contributed by atoms with Gasteiger partial charge in [-0.2, -0.15) is 13.2 Å². The van der Waals surface area contributed by atoms with Crippen LogP contribution in [-0.4, -0.2) is 22.1 Å². The average molecular weight is 274 g/mol. The highest BCUT2D eigenvalue weighted by Crippen LogP contribution is 2.35. The molecule has 2 unspecified atom stereocenters. The number of rotatable bonds is 3. The molecule has 104 valence electrons. The average Bonchev–Trinajstić information content (AvgIpc) is 2.77. The van der Waals surface area contributed by atoms with Gasteiger partial charge in [0.2, 0.25) is 0 Å². The van der Waals surface area contributed by atoms with E-state index < -0.39 is 23.6 Å². The molecule has 19 heavy (non-hydrogen) atoms. The molecule has 1 fully saturated rings. The maximum atomic E-state index is 12.8. The van der Waals surface area contributed by atoms with Crippen molar-refractivity contribution in [2.24, 2.45) is 5.92 Å². The topological polar surface area (TPSA) is 62.2 Å². The summed E-state index contributed by atoms with van der Waals surface area (Å²) >= 11 is 0. The predicted molar refractivity (Wildman–Crippen MR) is 61.6 cm³/mol. The van der Waals surface area contributed by atoms with Gasteiger partial charge in [-0.15, -0.1) is 0 Å². The van der Waals surface area contributed by atoms with Gasteiger partial charge in [-0.3, -0.25) is 4.79 Å². The third kappa shape index (κ3) is 3.15. The van der Waals surface area contributed by atoms with Crippen LogP contribution < -0.4 is 5.32 Å². The second kappa shape index (κ2) is 5.07. The number of nitrogens with zero attached hydrogens (tertiary/aromatic N) is 1. The summed E-state index contributed by atoms with van der Waals surface area (Å²) in [7, 11) is 0. The lowest BCUT2D eigenvalue weighted by atomic mass is 10.1. The van der Waals surface area contributed by atoms with Crippen LogP contribution in [0, 0.1) is 5.92 Å². The first-order chi connectivity index (χ1) is 8.88. The van der Waals surface area contributed by atoms with Gasteiger partial charge in [0.1, 0.15) is 5.82 Å². The van der Waals surface area contributed by atoms with Gasteiger partial charge in [-0.1, -0.05) is 0 Å². The quantitative estimate of drug-likeness (QED) is 0.889. The summed E-state index contributed by atoms with van der Waals surface area (Å²) in [6, 6.07) is 1.90. The molecule has 0 aromatic carbocycles. The van der Waals surface area contributed by atoms with Crippen molar-refractivity contribution >= 4 is 11.8 Å². The molecule has 0 spiro atoms. The van der Waals surface area contributed by atoms with Crippen molar-refractivity contribution < 1.29 is 23.1 Å². The number of carboxylic acids is 1. The predicted octanol–water partition coefficient (Wildman–Crippen LogP) is 2.77. The zero-order valence-corrected chi connectivity index (χ0v) is 9.94. The number of hydrogen-bond acceptors (Lipinski definition) is 3. The Labute approximate surface area is 107 Å². The van der Waals surface area contributed by atoms with Crippen LogP contribution in [0.4, 0.5) is 19.0 Å². The van der Waals surface area contributed by atoms with E-state index in [0.717, 1.165) is 6.07 Å². The number of aromatic nitrogens is 1. The van der Waals surface area contributed by atoms with Gasteiger partial charge in [0, 0.05) is 12.2 Å². The van der Waals surface area contributed by atoms with E-state index >= 15 is 0 Å². The van der Waals surface area contributed by atoms with Crippen molar-refractivity contribution in [1.82, 2.24) is 4.98 Å². The zero-order chi connectivity index (χ0) is 14.0. The normalized spacial score (nSPS) is 23.3. The monoisotopic (exact) mass is 274 g/mol. The Hall–Kier alpha value is -1.79. The van der Waals surface area contributed by atoms with Gasteiger partial charge in [-0.05, 0) is 31.4 Å². The fourth-order valence-electron chi connectivity index (χ4n) is 2.28. The van der Waals surface area contributed by atoms with Crippen molar-refractivity contribution in [2.75, 3.05) is 5.32 Å². The second-order valence-electron chi connectivity index (χ2n) is 4.59. The SMILES string of the molecule is O=C(O)C1CCC(Nc2ncccc2C(F)(F)F)C1. The molecule has 0 bridgehead atoms. The van der Waals surface area contributed by atoms with E-state index in [1.54, 1.807) is 0 Å². The van der Waals surface area contributed by atoms with Crippen molar-refractivity contribution in [1.29, 1.82) is 0 Å². The van der Waals surface area contributed by atoms with Crippen LogP contribution in [0.5, 0.6) is 0 Å². The fourth-order valence-corrected chi connectivity index (χ4v) is 2.28.